The van der Waals surface area contributed by atoms with Crippen LogP contribution >= 0.6 is 0 Å². The highest BCUT2D eigenvalue weighted by molar-refractivity contribution is 5.82. The summed E-state index contributed by atoms with van der Waals surface area (Å²) in [5, 5.41) is 0. The first-order chi connectivity index (χ1) is 6.88. The van der Waals surface area contributed by atoms with E-state index < -0.39 is 0 Å². The lowest BCUT2D eigenvalue weighted by Crippen LogP contribution is -2.39. The third-order valence-corrected chi connectivity index (χ3v) is 2.85. The molecule has 0 heterocycles. The zero-order valence-corrected chi connectivity index (χ0v) is 11.2. The summed E-state index contributed by atoms with van der Waals surface area (Å²) >= 11 is 0. The first-order valence-corrected chi connectivity index (χ1v) is 6.15. The molecule has 0 aromatic heterocycles. The van der Waals surface area contributed by atoms with Gasteiger partial charge in [0.15, 0.2) is 0 Å². The van der Waals surface area contributed by atoms with E-state index in [0.29, 0.717) is 24.3 Å². The van der Waals surface area contributed by atoms with Gasteiger partial charge >= 0.3 is 0 Å². The summed E-state index contributed by atoms with van der Waals surface area (Å²) in [4.78, 5) is 14.1. The highest BCUT2D eigenvalue weighted by Crippen LogP contribution is 2.08. The third-order valence-electron chi connectivity index (χ3n) is 2.85. The molecule has 2 nitrogen and oxygen atoms in total. The van der Waals surface area contributed by atoms with Crippen LogP contribution in [0.1, 0.15) is 48.0 Å². The molecule has 0 amide bonds. The van der Waals surface area contributed by atoms with Gasteiger partial charge in [-0.05, 0) is 26.2 Å². The molecule has 0 radical (unpaired) electrons. The molecule has 15 heavy (non-hydrogen) atoms. The van der Waals surface area contributed by atoms with Gasteiger partial charge in [-0.2, -0.15) is 0 Å². The molecule has 0 aromatic rings. The molecule has 0 saturated heterocycles. The summed E-state index contributed by atoms with van der Waals surface area (Å²) in [6.45, 7) is 14.4. The van der Waals surface area contributed by atoms with Crippen LogP contribution in [0.4, 0.5) is 0 Å². The quantitative estimate of drug-likeness (QED) is 0.648. The summed E-state index contributed by atoms with van der Waals surface area (Å²) in [5.41, 5.74) is 0. The molecule has 0 saturated carbocycles. The van der Waals surface area contributed by atoms with Crippen LogP contribution in [-0.2, 0) is 4.79 Å². The van der Waals surface area contributed by atoms with E-state index in [0.717, 1.165) is 13.0 Å². The highest BCUT2D eigenvalue weighted by Gasteiger charge is 2.18. The number of carbonyl (C=O) groups excluding carboxylic acids is 1. The Morgan fingerprint density at radius 2 is 1.67 bits per heavy atom. The topological polar surface area (TPSA) is 20.3 Å². The standard InChI is InChI=1S/C13H27NO/c1-7-12(6)13(15)9-14(11(4)5)8-10(2)3/h10-12H,7-9H2,1-6H3. The van der Waals surface area contributed by atoms with Crippen LogP contribution in [0.25, 0.3) is 0 Å². The van der Waals surface area contributed by atoms with Gasteiger partial charge in [-0.15, -0.1) is 0 Å². The minimum Gasteiger partial charge on any atom is -0.298 e. The first kappa shape index (κ1) is 14.6. The average molecular weight is 213 g/mol. The normalized spacial score (nSPS) is 13.9. The van der Waals surface area contributed by atoms with Crippen molar-refractivity contribution in [2.24, 2.45) is 11.8 Å². The number of carbonyl (C=O) groups is 1. The Morgan fingerprint density at radius 3 is 2.00 bits per heavy atom. The van der Waals surface area contributed by atoms with Crippen molar-refractivity contribution in [3.63, 3.8) is 0 Å². The molecule has 0 rings (SSSR count). The van der Waals surface area contributed by atoms with Gasteiger partial charge in [0.2, 0.25) is 0 Å². The number of rotatable bonds is 7. The second-order valence-electron chi connectivity index (χ2n) is 5.19. The number of hydrogen-bond donors (Lipinski definition) is 0. The predicted octanol–water partition coefficient (Wildman–Crippen LogP) is 2.97. The molecule has 0 aliphatic rings. The molecule has 0 aliphatic heterocycles. The maximum Gasteiger partial charge on any atom is 0.149 e. The Hall–Kier alpha value is -0.370. The summed E-state index contributed by atoms with van der Waals surface area (Å²) in [7, 11) is 0. The summed E-state index contributed by atoms with van der Waals surface area (Å²) in [5.74, 6) is 1.21. The van der Waals surface area contributed by atoms with E-state index in [9.17, 15) is 4.79 Å². The van der Waals surface area contributed by atoms with Crippen molar-refractivity contribution in [2.75, 3.05) is 13.1 Å². The van der Waals surface area contributed by atoms with Gasteiger partial charge in [0, 0.05) is 18.5 Å². The zero-order valence-electron chi connectivity index (χ0n) is 11.2. The Labute approximate surface area is 95.0 Å². The highest BCUT2D eigenvalue weighted by atomic mass is 16.1. The Bertz CT molecular complexity index is 187. The first-order valence-electron chi connectivity index (χ1n) is 6.15. The van der Waals surface area contributed by atoms with E-state index in [-0.39, 0.29) is 5.92 Å². The Kier molecular flexibility index (Phi) is 6.82. The molecule has 1 unspecified atom stereocenters. The monoisotopic (exact) mass is 213 g/mol. The summed E-state index contributed by atoms with van der Waals surface area (Å²) < 4.78 is 0. The molecule has 0 aromatic carbocycles. The van der Waals surface area contributed by atoms with Crippen LogP contribution < -0.4 is 0 Å². The van der Waals surface area contributed by atoms with E-state index >= 15 is 0 Å². The number of nitrogens with zero attached hydrogens (tertiary/aromatic N) is 1. The van der Waals surface area contributed by atoms with Crippen LogP contribution in [0.3, 0.4) is 0 Å². The van der Waals surface area contributed by atoms with Crippen molar-refractivity contribution in [2.45, 2.75) is 54.0 Å². The lowest BCUT2D eigenvalue weighted by molar-refractivity contribution is -0.124. The molecule has 0 spiro atoms. The fourth-order valence-corrected chi connectivity index (χ4v) is 1.51. The van der Waals surface area contributed by atoms with Crippen LogP contribution in [0.5, 0.6) is 0 Å². The Balaban J connectivity index is 4.22. The number of hydrogen-bond acceptors (Lipinski definition) is 2. The van der Waals surface area contributed by atoms with E-state index in [2.05, 4.69) is 39.5 Å². The van der Waals surface area contributed by atoms with Crippen molar-refractivity contribution in [3.05, 3.63) is 0 Å². The van der Waals surface area contributed by atoms with E-state index in [1.165, 1.54) is 0 Å². The van der Waals surface area contributed by atoms with Gasteiger partial charge in [0.05, 0.1) is 6.54 Å². The number of ketones is 1. The lowest BCUT2D eigenvalue weighted by Gasteiger charge is -2.28. The second-order valence-corrected chi connectivity index (χ2v) is 5.19. The zero-order chi connectivity index (χ0) is 12.0. The van der Waals surface area contributed by atoms with Crippen molar-refractivity contribution >= 4 is 5.78 Å². The van der Waals surface area contributed by atoms with Crippen molar-refractivity contribution in [1.29, 1.82) is 0 Å². The van der Waals surface area contributed by atoms with Crippen molar-refractivity contribution < 1.29 is 4.79 Å². The molecule has 0 aliphatic carbocycles. The predicted molar refractivity (Wildman–Crippen MR) is 66.0 cm³/mol. The molecule has 0 fully saturated rings. The lowest BCUT2D eigenvalue weighted by atomic mass is 10.0. The van der Waals surface area contributed by atoms with E-state index in [1.807, 2.05) is 6.92 Å². The van der Waals surface area contributed by atoms with Crippen LogP contribution in [0.2, 0.25) is 0 Å². The SMILES string of the molecule is CCC(C)C(=O)CN(CC(C)C)C(C)C. The molecule has 0 N–H and O–H groups in total. The van der Waals surface area contributed by atoms with Gasteiger partial charge < -0.3 is 0 Å². The van der Waals surface area contributed by atoms with Gasteiger partial charge in [0.1, 0.15) is 5.78 Å². The van der Waals surface area contributed by atoms with Crippen LogP contribution in [0.15, 0.2) is 0 Å². The molecule has 90 valence electrons. The van der Waals surface area contributed by atoms with Gasteiger partial charge in [-0.3, -0.25) is 9.69 Å². The summed E-state index contributed by atoms with van der Waals surface area (Å²) in [6, 6.07) is 0.459. The van der Waals surface area contributed by atoms with Crippen molar-refractivity contribution in [3.8, 4) is 0 Å². The third kappa shape index (κ3) is 5.93. The maximum atomic E-state index is 11.8. The minimum atomic E-state index is 0.207. The van der Waals surface area contributed by atoms with Gasteiger partial charge in [0.25, 0.3) is 0 Å². The molecular weight excluding hydrogens is 186 g/mol. The van der Waals surface area contributed by atoms with Crippen LogP contribution in [0, 0.1) is 11.8 Å². The fraction of sp³-hybridized carbons (Fsp3) is 0.923. The average Bonchev–Trinajstić information content (AvgIpc) is 2.14. The van der Waals surface area contributed by atoms with E-state index in [1.54, 1.807) is 0 Å². The van der Waals surface area contributed by atoms with Gasteiger partial charge in [-0.25, -0.2) is 0 Å². The molecule has 1 atom stereocenters. The summed E-state index contributed by atoms with van der Waals surface area (Å²) in [6.07, 6.45) is 0.951. The maximum absolute atomic E-state index is 11.8. The molecule has 0 bridgehead atoms. The molecular formula is C13H27NO. The van der Waals surface area contributed by atoms with Gasteiger partial charge in [-0.1, -0.05) is 27.7 Å². The molecule has 2 heteroatoms. The van der Waals surface area contributed by atoms with E-state index in [4.69, 9.17) is 0 Å². The second kappa shape index (κ2) is 7.00. The Morgan fingerprint density at radius 1 is 1.13 bits per heavy atom. The largest absolute Gasteiger partial charge is 0.298 e. The number of Topliss-reactive ketones (excluding diaryl/α,β-unsaturated/α-hetero) is 1. The fourth-order valence-electron chi connectivity index (χ4n) is 1.51. The van der Waals surface area contributed by atoms with Crippen LogP contribution in [-0.4, -0.2) is 29.8 Å². The minimum absolute atomic E-state index is 0.207. The smallest absolute Gasteiger partial charge is 0.149 e. The van der Waals surface area contributed by atoms with Crippen molar-refractivity contribution in [1.82, 2.24) is 4.90 Å².